The monoisotopic (exact) mass is 289 g/mol. The molecule has 0 aliphatic heterocycles. The molecule has 0 aliphatic carbocycles. The third-order valence-electron chi connectivity index (χ3n) is 3.29. The van der Waals surface area contributed by atoms with Gasteiger partial charge in [0.25, 0.3) is 0 Å². The van der Waals surface area contributed by atoms with Crippen molar-refractivity contribution in [3.8, 4) is 0 Å². The van der Waals surface area contributed by atoms with Gasteiger partial charge in [-0.25, -0.2) is 13.2 Å². The average molecular weight is 289 g/mol. The van der Waals surface area contributed by atoms with Crippen molar-refractivity contribution >= 4 is 10.9 Å². The van der Waals surface area contributed by atoms with Gasteiger partial charge in [-0.3, -0.25) is 4.98 Å². The summed E-state index contributed by atoms with van der Waals surface area (Å²) in [6.07, 6.45) is 0.110. The van der Waals surface area contributed by atoms with E-state index in [1.165, 1.54) is 0 Å². The molecule has 106 valence electrons. The summed E-state index contributed by atoms with van der Waals surface area (Å²) in [6.45, 7) is 0. The first-order valence-corrected chi connectivity index (χ1v) is 6.24. The van der Waals surface area contributed by atoms with Crippen LogP contribution < -0.4 is 0 Å². The van der Waals surface area contributed by atoms with E-state index >= 15 is 0 Å². The Balaban J connectivity index is 2.17. The fourth-order valence-corrected chi connectivity index (χ4v) is 2.26. The zero-order valence-electron chi connectivity index (χ0n) is 10.7. The van der Waals surface area contributed by atoms with Crippen molar-refractivity contribution in [1.82, 2.24) is 4.98 Å². The third kappa shape index (κ3) is 2.36. The molecule has 5 heteroatoms. The minimum absolute atomic E-state index is 0.327. The van der Waals surface area contributed by atoms with E-state index in [0.29, 0.717) is 23.2 Å². The third-order valence-corrected chi connectivity index (χ3v) is 3.29. The number of nitrogens with zero attached hydrogens (tertiary/aromatic N) is 1. The number of aliphatic hydroxyl groups is 1. The van der Waals surface area contributed by atoms with Crippen LogP contribution in [0.15, 0.2) is 48.7 Å². The molecule has 1 atom stereocenters. The van der Waals surface area contributed by atoms with Crippen molar-refractivity contribution in [2.75, 3.05) is 0 Å². The maximum absolute atomic E-state index is 13.8. The number of pyridine rings is 1. The molecule has 2 nitrogen and oxygen atoms in total. The highest BCUT2D eigenvalue weighted by atomic mass is 19.2. The van der Waals surface area contributed by atoms with Crippen LogP contribution in [0.5, 0.6) is 0 Å². The van der Waals surface area contributed by atoms with Crippen LogP contribution in [-0.2, 0) is 0 Å². The summed E-state index contributed by atoms with van der Waals surface area (Å²) in [7, 11) is 0. The van der Waals surface area contributed by atoms with Gasteiger partial charge in [0.1, 0.15) is 11.9 Å². The van der Waals surface area contributed by atoms with Crippen LogP contribution in [0.2, 0.25) is 0 Å². The van der Waals surface area contributed by atoms with Crippen molar-refractivity contribution in [3.05, 3.63) is 77.2 Å². The topological polar surface area (TPSA) is 33.1 Å². The molecule has 3 aromatic rings. The van der Waals surface area contributed by atoms with E-state index in [1.807, 2.05) is 0 Å². The van der Waals surface area contributed by atoms with Gasteiger partial charge in [0.05, 0.1) is 5.52 Å². The second-order valence-electron chi connectivity index (χ2n) is 4.61. The smallest absolute Gasteiger partial charge is 0.161 e. The molecule has 1 unspecified atom stereocenters. The van der Waals surface area contributed by atoms with Crippen molar-refractivity contribution in [2.45, 2.75) is 6.10 Å². The van der Waals surface area contributed by atoms with Gasteiger partial charge in [-0.15, -0.1) is 0 Å². The summed E-state index contributed by atoms with van der Waals surface area (Å²) >= 11 is 0. The molecule has 0 saturated carbocycles. The number of benzene rings is 2. The van der Waals surface area contributed by atoms with E-state index in [1.54, 1.807) is 36.5 Å². The minimum Gasteiger partial charge on any atom is -0.383 e. The highest BCUT2D eigenvalue weighted by molar-refractivity contribution is 5.82. The van der Waals surface area contributed by atoms with E-state index in [-0.39, 0.29) is 5.56 Å². The van der Waals surface area contributed by atoms with Gasteiger partial charge in [0.2, 0.25) is 0 Å². The van der Waals surface area contributed by atoms with E-state index in [4.69, 9.17) is 0 Å². The van der Waals surface area contributed by atoms with E-state index in [2.05, 4.69) is 4.98 Å². The number of rotatable bonds is 2. The van der Waals surface area contributed by atoms with Crippen molar-refractivity contribution < 1.29 is 18.3 Å². The molecule has 0 spiro atoms. The van der Waals surface area contributed by atoms with Crippen LogP contribution in [0, 0.1) is 17.5 Å². The maximum Gasteiger partial charge on any atom is 0.161 e. The molecular formula is C16H10F3NO. The van der Waals surface area contributed by atoms with E-state index < -0.39 is 23.6 Å². The standard InChI is InChI=1S/C16H10F3NO/c17-12-8-14(19)13(18)7-11(12)16(21)10-5-1-3-9-4-2-6-20-15(9)10/h1-8,16,21H. The molecular weight excluding hydrogens is 279 g/mol. The second kappa shape index (κ2) is 5.18. The first-order chi connectivity index (χ1) is 10.1. The summed E-state index contributed by atoms with van der Waals surface area (Å²) in [6, 6.07) is 9.65. The summed E-state index contributed by atoms with van der Waals surface area (Å²) in [5, 5.41) is 11.1. The summed E-state index contributed by atoms with van der Waals surface area (Å²) < 4.78 is 40.0. The minimum atomic E-state index is -1.43. The molecule has 0 saturated heterocycles. The summed E-state index contributed by atoms with van der Waals surface area (Å²) in [5.41, 5.74) is 0.488. The summed E-state index contributed by atoms with van der Waals surface area (Å²) in [4.78, 5) is 4.15. The zero-order valence-corrected chi connectivity index (χ0v) is 10.7. The Morgan fingerprint density at radius 1 is 0.857 bits per heavy atom. The predicted molar refractivity (Wildman–Crippen MR) is 72.1 cm³/mol. The number of fused-ring (bicyclic) bond motifs is 1. The molecule has 0 fully saturated rings. The summed E-state index contributed by atoms with van der Waals surface area (Å²) in [5.74, 6) is -3.51. The van der Waals surface area contributed by atoms with Gasteiger partial charge in [-0.2, -0.15) is 0 Å². The van der Waals surface area contributed by atoms with Crippen LogP contribution in [0.1, 0.15) is 17.2 Å². The highest BCUT2D eigenvalue weighted by Gasteiger charge is 2.20. The van der Waals surface area contributed by atoms with Gasteiger partial charge in [-0.05, 0) is 12.1 Å². The number of aliphatic hydroxyl groups excluding tert-OH is 1. The van der Waals surface area contributed by atoms with E-state index in [0.717, 1.165) is 5.39 Å². The molecule has 21 heavy (non-hydrogen) atoms. The Bertz CT molecular complexity index is 814. The Morgan fingerprint density at radius 3 is 2.38 bits per heavy atom. The van der Waals surface area contributed by atoms with Crippen LogP contribution >= 0.6 is 0 Å². The molecule has 0 aliphatic rings. The van der Waals surface area contributed by atoms with Gasteiger partial charge >= 0.3 is 0 Å². The molecule has 0 bridgehead atoms. The lowest BCUT2D eigenvalue weighted by Crippen LogP contribution is -2.06. The number of hydrogen-bond acceptors (Lipinski definition) is 2. The molecule has 1 aromatic heterocycles. The van der Waals surface area contributed by atoms with Crippen molar-refractivity contribution in [1.29, 1.82) is 0 Å². The SMILES string of the molecule is OC(c1cc(F)c(F)cc1F)c1cccc2cccnc12. The first-order valence-electron chi connectivity index (χ1n) is 6.24. The molecule has 2 aromatic carbocycles. The second-order valence-corrected chi connectivity index (χ2v) is 4.61. The molecule has 0 amide bonds. The molecule has 1 N–H and O–H groups in total. The van der Waals surface area contributed by atoms with Gasteiger partial charge in [-0.1, -0.05) is 24.3 Å². The van der Waals surface area contributed by atoms with Crippen LogP contribution in [-0.4, -0.2) is 10.1 Å². The average Bonchev–Trinajstić information content (AvgIpc) is 2.49. The first kappa shape index (κ1) is 13.6. The van der Waals surface area contributed by atoms with Crippen molar-refractivity contribution in [2.24, 2.45) is 0 Å². The lowest BCUT2D eigenvalue weighted by atomic mass is 9.98. The van der Waals surface area contributed by atoms with Crippen molar-refractivity contribution in [3.63, 3.8) is 0 Å². The normalized spacial score (nSPS) is 12.6. The fraction of sp³-hybridized carbons (Fsp3) is 0.0625. The molecule has 0 radical (unpaired) electrons. The maximum atomic E-state index is 13.8. The number of aromatic nitrogens is 1. The zero-order chi connectivity index (χ0) is 15.0. The van der Waals surface area contributed by atoms with Gasteiger partial charge in [0, 0.05) is 28.8 Å². The molecule has 3 rings (SSSR count). The lowest BCUT2D eigenvalue weighted by molar-refractivity contribution is 0.215. The Hall–Kier alpha value is -2.40. The van der Waals surface area contributed by atoms with Crippen LogP contribution in [0.25, 0.3) is 10.9 Å². The Labute approximate surface area is 118 Å². The highest BCUT2D eigenvalue weighted by Crippen LogP contribution is 2.30. The number of halogens is 3. The molecule has 1 heterocycles. The van der Waals surface area contributed by atoms with Crippen LogP contribution in [0.3, 0.4) is 0 Å². The largest absolute Gasteiger partial charge is 0.383 e. The number of hydrogen-bond donors (Lipinski definition) is 1. The Kier molecular flexibility index (Phi) is 3.35. The Morgan fingerprint density at radius 2 is 1.57 bits per heavy atom. The van der Waals surface area contributed by atoms with E-state index in [9.17, 15) is 18.3 Å². The van der Waals surface area contributed by atoms with Gasteiger partial charge < -0.3 is 5.11 Å². The quantitative estimate of drug-likeness (QED) is 0.729. The predicted octanol–water partition coefficient (Wildman–Crippen LogP) is 3.73. The lowest BCUT2D eigenvalue weighted by Gasteiger charge is -2.14. The fourth-order valence-electron chi connectivity index (χ4n) is 2.26. The van der Waals surface area contributed by atoms with Crippen LogP contribution in [0.4, 0.5) is 13.2 Å². The number of para-hydroxylation sites is 1. The van der Waals surface area contributed by atoms with Gasteiger partial charge in [0.15, 0.2) is 11.6 Å².